The van der Waals surface area contributed by atoms with Gasteiger partial charge in [0.15, 0.2) is 5.17 Å². The van der Waals surface area contributed by atoms with Gasteiger partial charge in [-0.2, -0.15) is 0 Å². The molecule has 122 valence electrons. The van der Waals surface area contributed by atoms with Gasteiger partial charge in [0, 0.05) is 5.25 Å². The number of sulfonamides is 1. The summed E-state index contributed by atoms with van der Waals surface area (Å²) in [5, 5.41) is 0.830. The van der Waals surface area contributed by atoms with Crippen molar-refractivity contribution in [3.05, 3.63) is 52.4 Å². The molecular weight excluding hydrogens is 372 g/mol. The second-order valence-corrected chi connectivity index (χ2v) is 10.3. The van der Waals surface area contributed by atoms with Crippen LogP contribution in [0.15, 0.2) is 51.7 Å². The first-order chi connectivity index (χ1) is 11.0. The molecule has 1 unspecified atom stereocenters. The molecule has 3 rings (SSSR count). The average Bonchev–Trinajstić information content (AvgIpc) is 3.15. The molecule has 0 fully saturated rings. The monoisotopic (exact) mass is 386 g/mol. The Morgan fingerprint density at radius 2 is 2.00 bits per heavy atom. The number of thiophene rings is 1. The maximum Gasteiger partial charge on any atom is 0.275 e. The van der Waals surface area contributed by atoms with Crippen LogP contribution in [0.25, 0.3) is 0 Å². The van der Waals surface area contributed by atoms with Crippen LogP contribution in [0, 0.1) is 0 Å². The van der Waals surface area contributed by atoms with Crippen molar-refractivity contribution in [3.63, 3.8) is 0 Å². The smallest absolute Gasteiger partial charge is 0.261 e. The van der Waals surface area contributed by atoms with Crippen LogP contribution < -0.4 is 0 Å². The molecule has 0 aliphatic carbocycles. The maximum atomic E-state index is 13.0. The summed E-state index contributed by atoms with van der Waals surface area (Å²) in [5.41, 5.74) is 0.918. The van der Waals surface area contributed by atoms with Crippen LogP contribution in [0.3, 0.4) is 0 Å². The van der Waals surface area contributed by atoms with Crippen LogP contribution in [-0.4, -0.2) is 29.7 Å². The number of amidine groups is 1. The van der Waals surface area contributed by atoms with Crippen LogP contribution in [0.1, 0.15) is 12.5 Å². The summed E-state index contributed by atoms with van der Waals surface area (Å²) in [6.07, 6.45) is 0. The molecule has 0 radical (unpaired) electrons. The lowest BCUT2D eigenvalue weighted by Gasteiger charge is -2.23. The molecule has 0 saturated heterocycles. The predicted molar refractivity (Wildman–Crippen MR) is 97.9 cm³/mol. The second kappa shape index (κ2) is 6.84. The SMILES string of the molecule is CC1CN=C(N(Cc2ccccc2)S(=O)(=O)c2ccc(Cl)s2)S1. The number of halogens is 1. The van der Waals surface area contributed by atoms with E-state index in [1.165, 1.54) is 16.1 Å². The molecule has 1 aliphatic heterocycles. The van der Waals surface area contributed by atoms with Crippen molar-refractivity contribution in [1.82, 2.24) is 4.31 Å². The summed E-state index contributed by atoms with van der Waals surface area (Å²) >= 11 is 8.47. The Bertz CT molecular complexity index is 818. The van der Waals surface area contributed by atoms with E-state index >= 15 is 0 Å². The summed E-state index contributed by atoms with van der Waals surface area (Å²) in [4.78, 5) is 4.41. The lowest BCUT2D eigenvalue weighted by atomic mass is 10.2. The quantitative estimate of drug-likeness (QED) is 0.795. The Morgan fingerprint density at radius 3 is 2.57 bits per heavy atom. The fraction of sp³-hybridized carbons (Fsp3) is 0.267. The highest BCUT2D eigenvalue weighted by molar-refractivity contribution is 8.15. The highest BCUT2D eigenvalue weighted by atomic mass is 35.5. The van der Waals surface area contributed by atoms with E-state index < -0.39 is 10.0 Å². The van der Waals surface area contributed by atoms with E-state index in [0.29, 0.717) is 16.0 Å². The lowest BCUT2D eigenvalue weighted by molar-refractivity contribution is 0.524. The van der Waals surface area contributed by atoms with Gasteiger partial charge in [-0.25, -0.2) is 12.7 Å². The minimum Gasteiger partial charge on any atom is -0.261 e. The molecule has 1 aliphatic rings. The zero-order chi connectivity index (χ0) is 16.4. The average molecular weight is 387 g/mol. The van der Waals surface area contributed by atoms with Gasteiger partial charge in [0.2, 0.25) is 0 Å². The fourth-order valence-corrected chi connectivity index (χ4v) is 6.33. The van der Waals surface area contributed by atoms with Gasteiger partial charge in [-0.1, -0.05) is 60.6 Å². The molecule has 1 aromatic carbocycles. The number of aliphatic imine (C=N–C) groups is 1. The van der Waals surface area contributed by atoms with Crippen molar-refractivity contribution in [2.75, 3.05) is 6.54 Å². The topological polar surface area (TPSA) is 49.7 Å². The Balaban J connectivity index is 1.98. The summed E-state index contributed by atoms with van der Waals surface area (Å²) in [6, 6.07) is 12.7. The van der Waals surface area contributed by atoms with Gasteiger partial charge in [0.05, 0.1) is 17.4 Å². The second-order valence-electron chi connectivity index (χ2n) is 5.11. The number of thioether (sulfide) groups is 1. The molecule has 8 heteroatoms. The van der Waals surface area contributed by atoms with Crippen molar-refractivity contribution in [2.24, 2.45) is 4.99 Å². The van der Waals surface area contributed by atoms with E-state index in [1.54, 1.807) is 12.1 Å². The van der Waals surface area contributed by atoms with Gasteiger partial charge in [-0.05, 0) is 17.7 Å². The van der Waals surface area contributed by atoms with E-state index in [-0.39, 0.29) is 16.0 Å². The molecule has 0 spiro atoms. The molecule has 2 aromatic rings. The van der Waals surface area contributed by atoms with E-state index in [9.17, 15) is 8.42 Å². The number of rotatable bonds is 4. The summed E-state index contributed by atoms with van der Waals surface area (Å²) in [5.74, 6) is 0. The Morgan fingerprint density at radius 1 is 1.26 bits per heavy atom. The van der Waals surface area contributed by atoms with E-state index in [0.717, 1.165) is 16.9 Å². The molecule has 0 bridgehead atoms. The molecule has 1 atom stereocenters. The minimum absolute atomic E-state index is 0.237. The van der Waals surface area contributed by atoms with Crippen molar-refractivity contribution < 1.29 is 8.42 Å². The van der Waals surface area contributed by atoms with Gasteiger partial charge in [-0.15, -0.1) is 11.3 Å². The predicted octanol–water partition coefficient (Wildman–Crippen LogP) is 4.08. The third-order valence-corrected chi connectivity index (χ3v) is 7.93. The van der Waals surface area contributed by atoms with Crippen LogP contribution >= 0.6 is 34.7 Å². The van der Waals surface area contributed by atoms with E-state index in [2.05, 4.69) is 4.99 Å². The third kappa shape index (κ3) is 3.74. The Labute approximate surface area is 149 Å². The van der Waals surface area contributed by atoms with Crippen molar-refractivity contribution in [2.45, 2.75) is 22.9 Å². The first kappa shape index (κ1) is 16.8. The maximum absolute atomic E-state index is 13.0. The van der Waals surface area contributed by atoms with Crippen molar-refractivity contribution >= 4 is 49.9 Å². The Kier molecular flexibility index (Phi) is 5.01. The number of hydrogen-bond donors (Lipinski definition) is 0. The number of hydrogen-bond acceptors (Lipinski definition) is 5. The summed E-state index contributed by atoms with van der Waals surface area (Å²) in [7, 11) is -3.67. The first-order valence-electron chi connectivity index (χ1n) is 7.00. The van der Waals surface area contributed by atoms with Crippen LogP contribution in [0.5, 0.6) is 0 Å². The zero-order valence-electron chi connectivity index (χ0n) is 12.3. The van der Waals surface area contributed by atoms with Gasteiger partial charge in [-0.3, -0.25) is 4.99 Å². The number of benzene rings is 1. The summed E-state index contributed by atoms with van der Waals surface area (Å²) in [6.45, 7) is 2.93. The molecule has 23 heavy (non-hydrogen) atoms. The molecule has 0 N–H and O–H groups in total. The van der Waals surface area contributed by atoms with Gasteiger partial charge >= 0.3 is 0 Å². The van der Waals surface area contributed by atoms with Gasteiger partial charge in [0.1, 0.15) is 4.21 Å². The number of nitrogens with zero attached hydrogens (tertiary/aromatic N) is 2. The third-order valence-electron chi connectivity index (χ3n) is 3.27. The zero-order valence-corrected chi connectivity index (χ0v) is 15.6. The molecule has 2 heterocycles. The molecular formula is C15H15ClN2O2S3. The normalized spacial score (nSPS) is 18.0. The largest absolute Gasteiger partial charge is 0.275 e. The molecule has 0 saturated carbocycles. The standard InChI is InChI=1S/C15H15ClN2O2S3/c1-11-9-17-15(21-11)18(10-12-5-3-2-4-6-12)23(19,20)14-8-7-13(16)22-14/h2-8,11H,9-10H2,1H3. The van der Waals surface area contributed by atoms with E-state index in [1.807, 2.05) is 37.3 Å². The molecule has 1 aromatic heterocycles. The molecule has 0 amide bonds. The lowest BCUT2D eigenvalue weighted by Crippen LogP contribution is -2.33. The highest BCUT2D eigenvalue weighted by Crippen LogP contribution is 2.33. The van der Waals surface area contributed by atoms with Gasteiger partial charge < -0.3 is 0 Å². The van der Waals surface area contributed by atoms with Crippen LogP contribution in [0.2, 0.25) is 4.34 Å². The molecule has 4 nitrogen and oxygen atoms in total. The van der Waals surface area contributed by atoms with Gasteiger partial charge in [0.25, 0.3) is 10.0 Å². The van der Waals surface area contributed by atoms with Crippen LogP contribution in [0.4, 0.5) is 0 Å². The Hall–Kier alpha value is -1.02. The summed E-state index contributed by atoms with van der Waals surface area (Å²) < 4.78 is 28.1. The van der Waals surface area contributed by atoms with Crippen molar-refractivity contribution in [3.8, 4) is 0 Å². The fourth-order valence-electron chi connectivity index (χ4n) is 2.15. The van der Waals surface area contributed by atoms with E-state index in [4.69, 9.17) is 11.6 Å². The first-order valence-corrected chi connectivity index (χ1v) is 10.5. The van der Waals surface area contributed by atoms with Crippen molar-refractivity contribution in [1.29, 1.82) is 0 Å². The highest BCUT2D eigenvalue weighted by Gasteiger charge is 2.32. The van der Waals surface area contributed by atoms with Crippen LogP contribution in [-0.2, 0) is 16.6 Å². The minimum atomic E-state index is -3.67.